The number of carbonyl (C=O) groups excluding carboxylic acids is 1. The second-order valence-corrected chi connectivity index (χ2v) is 3.57. The van der Waals surface area contributed by atoms with Crippen molar-refractivity contribution in [2.45, 2.75) is 32.2 Å². The van der Waals surface area contributed by atoms with E-state index in [2.05, 4.69) is 15.5 Å². The molecule has 0 saturated carbocycles. The fraction of sp³-hybridized carbons (Fsp3) is 0.500. The average Bonchev–Trinajstić information content (AvgIpc) is 2.69. The van der Waals surface area contributed by atoms with Gasteiger partial charge in [0.15, 0.2) is 0 Å². The Morgan fingerprint density at radius 3 is 2.88 bits per heavy atom. The van der Waals surface area contributed by atoms with Crippen molar-refractivity contribution >= 4 is 11.9 Å². The SMILES string of the molecule is CC(NC(=O)CCCC(=O)O)c1cn[nH]c1. The minimum absolute atomic E-state index is 0.0213. The molecule has 1 heterocycles. The molecule has 0 radical (unpaired) electrons. The van der Waals surface area contributed by atoms with Crippen LogP contribution in [0.3, 0.4) is 0 Å². The summed E-state index contributed by atoms with van der Waals surface area (Å²) in [5.74, 6) is -1.02. The van der Waals surface area contributed by atoms with E-state index in [0.717, 1.165) is 5.56 Å². The normalized spacial score (nSPS) is 12.1. The van der Waals surface area contributed by atoms with Gasteiger partial charge in [0.25, 0.3) is 0 Å². The summed E-state index contributed by atoms with van der Waals surface area (Å²) in [5.41, 5.74) is 0.895. The minimum atomic E-state index is -0.879. The molecule has 6 nitrogen and oxygen atoms in total. The number of aliphatic carboxylic acids is 1. The van der Waals surface area contributed by atoms with Gasteiger partial charge in [-0.15, -0.1) is 0 Å². The summed E-state index contributed by atoms with van der Waals surface area (Å²) in [4.78, 5) is 21.6. The van der Waals surface area contributed by atoms with Gasteiger partial charge in [-0.25, -0.2) is 0 Å². The molecule has 0 fully saturated rings. The Balaban J connectivity index is 2.26. The van der Waals surface area contributed by atoms with Crippen LogP contribution in [-0.2, 0) is 9.59 Å². The van der Waals surface area contributed by atoms with Gasteiger partial charge in [0.2, 0.25) is 5.91 Å². The Bertz CT molecular complexity index is 348. The highest BCUT2D eigenvalue weighted by Gasteiger charge is 2.10. The quantitative estimate of drug-likeness (QED) is 0.668. The Labute approximate surface area is 93.1 Å². The van der Waals surface area contributed by atoms with Gasteiger partial charge in [-0.05, 0) is 13.3 Å². The number of amides is 1. The summed E-state index contributed by atoms with van der Waals surface area (Å²) in [5, 5.41) is 17.6. The van der Waals surface area contributed by atoms with Crippen LogP contribution in [-0.4, -0.2) is 27.2 Å². The maximum atomic E-state index is 11.4. The summed E-state index contributed by atoms with van der Waals surface area (Å²) >= 11 is 0. The van der Waals surface area contributed by atoms with Crippen molar-refractivity contribution < 1.29 is 14.7 Å². The smallest absolute Gasteiger partial charge is 0.303 e. The lowest BCUT2D eigenvalue weighted by molar-refractivity contribution is -0.137. The molecule has 1 aromatic heterocycles. The van der Waals surface area contributed by atoms with Crippen molar-refractivity contribution in [2.75, 3.05) is 0 Å². The molecule has 3 N–H and O–H groups in total. The topological polar surface area (TPSA) is 95.1 Å². The summed E-state index contributed by atoms with van der Waals surface area (Å²) in [6.07, 6.45) is 3.96. The third-order valence-corrected chi connectivity index (χ3v) is 2.19. The number of aromatic amines is 1. The van der Waals surface area contributed by atoms with Crippen LogP contribution in [0, 0.1) is 0 Å². The summed E-state index contributed by atoms with van der Waals surface area (Å²) < 4.78 is 0. The van der Waals surface area contributed by atoms with Crippen molar-refractivity contribution in [2.24, 2.45) is 0 Å². The van der Waals surface area contributed by atoms with E-state index in [4.69, 9.17) is 5.11 Å². The highest BCUT2D eigenvalue weighted by Crippen LogP contribution is 2.09. The molecule has 88 valence electrons. The summed E-state index contributed by atoms with van der Waals surface area (Å²) in [7, 11) is 0. The first kappa shape index (κ1) is 12.2. The molecule has 0 aliphatic rings. The third-order valence-electron chi connectivity index (χ3n) is 2.19. The van der Waals surface area contributed by atoms with Crippen LogP contribution >= 0.6 is 0 Å². The van der Waals surface area contributed by atoms with E-state index in [1.54, 1.807) is 12.4 Å². The number of carbonyl (C=O) groups is 2. The standard InChI is InChI=1S/C10H15N3O3/c1-7(8-5-11-12-6-8)13-9(14)3-2-4-10(15)16/h5-7H,2-4H2,1H3,(H,11,12)(H,13,14)(H,15,16). The molecule has 0 spiro atoms. The number of H-pyrrole nitrogens is 1. The van der Waals surface area contributed by atoms with Gasteiger partial charge in [-0.3, -0.25) is 14.7 Å². The first-order valence-electron chi connectivity index (χ1n) is 5.09. The maximum Gasteiger partial charge on any atom is 0.303 e. The van der Waals surface area contributed by atoms with Crippen LogP contribution in [0.4, 0.5) is 0 Å². The van der Waals surface area contributed by atoms with E-state index in [-0.39, 0.29) is 24.8 Å². The predicted molar refractivity (Wildman–Crippen MR) is 56.6 cm³/mol. The van der Waals surface area contributed by atoms with Crippen LogP contribution in [0.2, 0.25) is 0 Å². The molecule has 1 atom stereocenters. The molecule has 6 heteroatoms. The number of nitrogens with one attached hydrogen (secondary N) is 2. The molecule has 1 amide bonds. The number of hydrogen-bond acceptors (Lipinski definition) is 3. The second kappa shape index (κ2) is 5.89. The Kier molecular flexibility index (Phi) is 4.50. The van der Waals surface area contributed by atoms with E-state index in [9.17, 15) is 9.59 Å². The number of rotatable bonds is 6. The van der Waals surface area contributed by atoms with Crippen LogP contribution in [0.5, 0.6) is 0 Å². The molecule has 16 heavy (non-hydrogen) atoms. The number of nitrogens with zero attached hydrogens (tertiary/aromatic N) is 1. The highest BCUT2D eigenvalue weighted by molar-refractivity contribution is 5.77. The van der Waals surface area contributed by atoms with Gasteiger partial charge in [-0.2, -0.15) is 5.10 Å². The molecule has 1 aromatic rings. The first-order valence-corrected chi connectivity index (χ1v) is 5.09. The van der Waals surface area contributed by atoms with Gasteiger partial charge in [0, 0.05) is 24.6 Å². The van der Waals surface area contributed by atoms with E-state index in [1.807, 2.05) is 6.92 Å². The highest BCUT2D eigenvalue weighted by atomic mass is 16.4. The van der Waals surface area contributed by atoms with Crippen molar-refractivity contribution in [3.05, 3.63) is 18.0 Å². The Morgan fingerprint density at radius 1 is 1.56 bits per heavy atom. The van der Waals surface area contributed by atoms with Crippen molar-refractivity contribution in [1.82, 2.24) is 15.5 Å². The van der Waals surface area contributed by atoms with Crippen LogP contribution in [0.1, 0.15) is 37.8 Å². The number of carboxylic acid groups (broad SMARTS) is 1. The summed E-state index contributed by atoms with van der Waals surface area (Å²) in [6.45, 7) is 1.85. The zero-order valence-electron chi connectivity index (χ0n) is 9.06. The average molecular weight is 225 g/mol. The summed E-state index contributed by atoms with van der Waals surface area (Å²) in [6, 6.07) is -0.115. The molecule has 0 bridgehead atoms. The molecular weight excluding hydrogens is 210 g/mol. The van der Waals surface area contributed by atoms with Crippen molar-refractivity contribution in [1.29, 1.82) is 0 Å². The lowest BCUT2D eigenvalue weighted by Crippen LogP contribution is -2.26. The zero-order chi connectivity index (χ0) is 12.0. The van der Waals surface area contributed by atoms with E-state index < -0.39 is 5.97 Å². The lowest BCUT2D eigenvalue weighted by atomic mass is 10.1. The molecular formula is C10H15N3O3. The van der Waals surface area contributed by atoms with Gasteiger partial charge < -0.3 is 10.4 Å². The number of hydrogen-bond donors (Lipinski definition) is 3. The Morgan fingerprint density at radius 2 is 2.31 bits per heavy atom. The second-order valence-electron chi connectivity index (χ2n) is 3.57. The van der Waals surface area contributed by atoms with Gasteiger partial charge in [-0.1, -0.05) is 0 Å². The van der Waals surface area contributed by atoms with Crippen molar-refractivity contribution in [3.8, 4) is 0 Å². The van der Waals surface area contributed by atoms with Crippen molar-refractivity contribution in [3.63, 3.8) is 0 Å². The zero-order valence-corrected chi connectivity index (χ0v) is 9.06. The predicted octanol–water partition coefficient (Wildman–Crippen LogP) is 0.842. The monoisotopic (exact) mass is 225 g/mol. The number of carboxylic acids is 1. The lowest BCUT2D eigenvalue weighted by Gasteiger charge is -2.11. The van der Waals surface area contributed by atoms with Gasteiger partial charge in [0.1, 0.15) is 0 Å². The molecule has 1 rings (SSSR count). The van der Waals surface area contributed by atoms with Crippen LogP contribution in [0.15, 0.2) is 12.4 Å². The molecule has 1 unspecified atom stereocenters. The number of aromatic nitrogens is 2. The first-order chi connectivity index (χ1) is 7.59. The molecule has 0 saturated heterocycles. The van der Waals surface area contributed by atoms with Gasteiger partial charge in [0.05, 0.1) is 12.2 Å². The fourth-order valence-corrected chi connectivity index (χ4v) is 1.29. The molecule has 0 aromatic carbocycles. The molecule has 0 aliphatic heterocycles. The van der Waals surface area contributed by atoms with E-state index >= 15 is 0 Å². The van der Waals surface area contributed by atoms with Gasteiger partial charge >= 0.3 is 5.97 Å². The van der Waals surface area contributed by atoms with Crippen LogP contribution in [0.25, 0.3) is 0 Å². The molecule has 0 aliphatic carbocycles. The Hall–Kier alpha value is -1.85. The minimum Gasteiger partial charge on any atom is -0.481 e. The third kappa shape index (κ3) is 4.12. The fourth-order valence-electron chi connectivity index (χ4n) is 1.29. The van der Waals surface area contributed by atoms with Crippen LogP contribution < -0.4 is 5.32 Å². The van der Waals surface area contributed by atoms with E-state index in [1.165, 1.54) is 0 Å². The maximum absolute atomic E-state index is 11.4. The van der Waals surface area contributed by atoms with E-state index in [0.29, 0.717) is 6.42 Å². The largest absolute Gasteiger partial charge is 0.481 e.